The molecule has 6 rings (SSSR count). The summed E-state index contributed by atoms with van der Waals surface area (Å²) >= 11 is 0. The molecule has 47 heavy (non-hydrogen) atoms. The largest absolute Gasteiger partial charge is 0.484 e. The number of fused-ring (bicyclic) bond motifs is 1. The van der Waals surface area contributed by atoms with Gasteiger partial charge in [0.2, 0.25) is 15.9 Å². The predicted octanol–water partition coefficient (Wildman–Crippen LogP) is 4.77. The van der Waals surface area contributed by atoms with Crippen LogP contribution in [0.4, 0.5) is 14.5 Å². The molecule has 4 aromatic rings. The normalized spacial score (nSPS) is 17.7. The summed E-state index contributed by atoms with van der Waals surface area (Å²) in [5.41, 5.74) is 2.55. The third kappa shape index (κ3) is 6.30. The number of hydrogen-bond donors (Lipinski definition) is 3. The van der Waals surface area contributed by atoms with Gasteiger partial charge in [0.15, 0.2) is 0 Å². The number of likely N-dealkylation sites (N-methyl/N-ethyl adjacent to an activating group) is 1. The Kier molecular flexibility index (Phi) is 8.49. The lowest BCUT2D eigenvalue weighted by atomic mass is 9.88. The van der Waals surface area contributed by atoms with Crippen LogP contribution < -0.4 is 19.7 Å². The molecule has 0 aromatic heterocycles. The van der Waals surface area contributed by atoms with Gasteiger partial charge in [-0.25, -0.2) is 17.2 Å². The van der Waals surface area contributed by atoms with Crippen molar-refractivity contribution < 1.29 is 36.6 Å². The summed E-state index contributed by atoms with van der Waals surface area (Å²) in [6, 6.07) is 21.4. The number of aliphatic hydroxyl groups is 1. The molecule has 2 unspecified atom stereocenters. The maximum atomic E-state index is 13.8. The molecule has 1 aliphatic carbocycles. The summed E-state index contributed by atoms with van der Waals surface area (Å²) in [7, 11) is -2.43. The van der Waals surface area contributed by atoms with Gasteiger partial charge in [0.25, 0.3) is 5.91 Å². The van der Waals surface area contributed by atoms with Gasteiger partial charge in [-0.2, -0.15) is 0 Å². The highest BCUT2D eigenvalue weighted by Crippen LogP contribution is 2.51. The van der Waals surface area contributed by atoms with Crippen molar-refractivity contribution in [3.05, 3.63) is 119 Å². The molecule has 2 aliphatic rings. The minimum Gasteiger partial charge on any atom is -0.484 e. The van der Waals surface area contributed by atoms with Crippen molar-refractivity contribution in [3.8, 4) is 16.9 Å². The number of carbonyl (C=O) groups excluding carboxylic acids is 2. The van der Waals surface area contributed by atoms with Crippen LogP contribution in [0.5, 0.6) is 5.75 Å². The summed E-state index contributed by atoms with van der Waals surface area (Å²) in [5.74, 6) is -2.17. The molecule has 244 valence electrons. The van der Waals surface area contributed by atoms with E-state index in [1.54, 1.807) is 42.5 Å². The van der Waals surface area contributed by atoms with Gasteiger partial charge >= 0.3 is 0 Å². The van der Waals surface area contributed by atoms with Gasteiger partial charge < -0.3 is 20.5 Å². The van der Waals surface area contributed by atoms with Gasteiger partial charge in [0.05, 0.1) is 30.6 Å². The van der Waals surface area contributed by atoms with Gasteiger partial charge in [-0.1, -0.05) is 36.4 Å². The van der Waals surface area contributed by atoms with E-state index in [-0.39, 0.29) is 35.6 Å². The fourth-order valence-electron chi connectivity index (χ4n) is 6.14. The minimum absolute atomic E-state index is 0.179. The Morgan fingerprint density at radius 2 is 1.64 bits per heavy atom. The highest BCUT2D eigenvalue weighted by Gasteiger charge is 2.46. The molecule has 1 fully saturated rings. The van der Waals surface area contributed by atoms with Gasteiger partial charge in [-0.15, -0.1) is 0 Å². The van der Waals surface area contributed by atoms with Crippen molar-refractivity contribution in [3.63, 3.8) is 0 Å². The van der Waals surface area contributed by atoms with E-state index < -0.39 is 40.0 Å². The van der Waals surface area contributed by atoms with E-state index >= 15 is 0 Å². The number of sulfonamides is 1. The van der Waals surface area contributed by atoms with Crippen molar-refractivity contribution in [2.75, 3.05) is 30.8 Å². The Morgan fingerprint density at radius 3 is 2.23 bits per heavy atom. The number of aliphatic hydroxyl groups excluding tert-OH is 1. The topological polar surface area (TPSA) is 125 Å². The summed E-state index contributed by atoms with van der Waals surface area (Å²) in [6.07, 6.45) is 1.57. The number of nitrogens with zero attached hydrogens (tertiary/aromatic N) is 1. The third-order valence-electron chi connectivity index (χ3n) is 8.65. The van der Waals surface area contributed by atoms with Gasteiger partial charge in [-0.3, -0.25) is 13.9 Å². The lowest BCUT2D eigenvalue weighted by molar-refractivity contribution is -0.123. The third-order valence-corrected chi connectivity index (χ3v) is 9.83. The van der Waals surface area contributed by atoms with Crippen LogP contribution >= 0.6 is 0 Å². The Morgan fingerprint density at radius 1 is 0.979 bits per heavy atom. The molecule has 4 aromatic carbocycles. The van der Waals surface area contributed by atoms with E-state index in [4.69, 9.17) is 4.74 Å². The van der Waals surface area contributed by atoms with Crippen LogP contribution in [-0.4, -0.2) is 51.8 Å². The molecule has 1 heterocycles. The SMILES string of the molecule is CNC(=O)C1c2cc(-c3cccc(C(=O)NC4(c5ccc(F)cc5)CC4)c3)c(N(CCO)S(C)(=O)=O)cc2OC1c1ccc(F)cc1. The van der Waals surface area contributed by atoms with Crippen LogP contribution in [0.2, 0.25) is 0 Å². The molecule has 0 spiro atoms. The van der Waals surface area contributed by atoms with Crippen LogP contribution in [0.3, 0.4) is 0 Å². The first kappa shape index (κ1) is 32.1. The van der Waals surface area contributed by atoms with E-state index in [0.717, 1.165) is 16.1 Å². The van der Waals surface area contributed by atoms with Gasteiger partial charge in [-0.05, 0) is 72.0 Å². The van der Waals surface area contributed by atoms with Crippen molar-refractivity contribution in [2.45, 2.75) is 30.4 Å². The number of benzene rings is 4. The Balaban J connectivity index is 1.44. The van der Waals surface area contributed by atoms with Gasteiger partial charge in [0.1, 0.15) is 29.4 Å². The second-order valence-corrected chi connectivity index (χ2v) is 13.7. The van der Waals surface area contributed by atoms with E-state index in [1.165, 1.54) is 49.5 Å². The fraction of sp³-hybridized carbons (Fsp3) is 0.257. The molecular formula is C35H33F2N3O6S. The fourth-order valence-corrected chi connectivity index (χ4v) is 7.06. The Bertz CT molecular complexity index is 1950. The lowest BCUT2D eigenvalue weighted by Crippen LogP contribution is -2.34. The quantitative estimate of drug-likeness (QED) is 0.225. The monoisotopic (exact) mass is 661 g/mol. The Labute approximate surface area is 271 Å². The highest BCUT2D eigenvalue weighted by molar-refractivity contribution is 7.92. The second kappa shape index (κ2) is 12.4. The van der Waals surface area contributed by atoms with E-state index in [0.29, 0.717) is 40.7 Å². The summed E-state index contributed by atoms with van der Waals surface area (Å²) in [5, 5.41) is 15.6. The van der Waals surface area contributed by atoms with E-state index in [1.807, 2.05) is 0 Å². The average molecular weight is 662 g/mol. The van der Waals surface area contributed by atoms with Crippen LogP contribution in [-0.2, 0) is 20.4 Å². The maximum absolute atomic E-state index is 13.8. The van der Waals surface area contributed by atoms with Crippen LogP contribution in [0.1, 0.15) is 51.9 Å². The standard InChI is InChI=1S/C35H33F2N3O6S/c1-38-34(43)31-28-19-27(22-4-3-5-23(18-22)33(42)39-35(14-15-35)24-8-12-26(37)13-9-24)29(40(16-17-41)47(2,44)45)20-30(28)46-32(31)21-6-10-25(36)11-7-21/h3-13,18-20,31-32,41H,14-17H2,1-2H3,(H,38,43)(H,39,42). The average Bonchev–Trinajstić information content (AvgIpc) is 3.74. The number of rotatable bonds is 10. The van der Waals surface area contributed by atoms with Crippen molar-refractivity contribution in [1.29, 1.82) is 0 Å². The smallest absolute Gasteiger partial charge is 0.251 e. The number of ether oxygens (including phenoxy) is 1. The molecule has 2 atom stereocenters. The number of halogens is 2. The molecule has 2 amide bonds. The molecule has 1 saturated carbocycles. The van der Waals surface area contributed by atoms with Crippen molar-refractivity contribution >= 4 is 27.5 Å². The van der Waals surface area contributed by atoms with E-state index in [9.17, 15) is 31.9 Å². The Hall–Kier alpha value is -4.81. The first-order chi connectivity index (χ1) is 22.4. The lowest BCUT2D eigenvalue weighted by Gasteiger charge is -2.25. The van der Waals surface area contributed by atoms with Crippen molar-refractivity contribution in [2.24, 2.45) is 0 Å². The zero-order valence-electron chi connectivity index (χ0n) is 25.7. The van der Waals surface area contributed by atoms with Crippen molar-refractivity contribution in [1.82, 2.24) is 10.6 Å². The minimum atomic E-state index is -3.92. The summed E-state index contributed by atoms with van der Waals surface area (Å²) < 4.78 is 60.7. The molecule has 9 nitrogen and oxygen atoms in total. The zero-order chi connectivity index (χ0) is 33.5. The molecule has 1 aliphatic heterocycles. The summed E-state index contributed by atoms with van der Waals surface area (Å²) in [6.45, 7) is -0.733. The zero-order valence-corrected chi connectivity index (χ0v) is 26.5. The molecular weight excluding hydrogens is 628 g/mol. The second-order valence-electron chi connectivity index (χ2n) is 11.8. The molecule has 0 radical (unpaired) electrons. The van der Waals surface area contributed by atoms with E-state index in [2.05, 4.69) is 10.6 Å². The predicted molar refractivity (Wildman–Crippen MR) is 173 cm³/mol. The van der Waals surface area contributed by atoms with Gasteiger partial charge in [0, 0.05) is 29.8 Å². The number of hydrogen-bond acceptors (Lipinski definition) is 6. The first-order valence-corrected chi connectivity index (χ1v) is 16.9. The molecule has 3 N–H and O–H groups in total. The molecule has 12 heteroatoms. The molecule has 0 saturated heterocycles. The highest BCUT2D eigenvalue weighted by atomic mass is 32.2. The van der Waals surface area contributed by atoms with Crippen LogP contribution in [0.25, 0.3) is 11.1 Å². The first-order valence-electron chi connectivity index (χ1n) is 15.0. The van der Waals surface area contributed by atoms with Crippen LogP contribution in [0.15, 0.2) is 84.9 Å². The number of amides is 2. The molecule has 0 bridgehead atoms. The summed E-state index contributed by atoms with van der Waals surface area (Å²) in [4.78, 5) is 26.9. The maximum Gasteiger partial charge on any atom is 0.251 e. The number of carbonyl (C=O) groups is 2. The van der Waals surface area contributed by atoms with Crippen LogP contribution in [0, 0.1) is 11.6 Å². The number of anilines is 1. The number of nitrogens with one attached hydrogen (secondary N) is 2.